The lowest BCUT2D eigenvalue weighted by molar-refractivity contribution is 0.0946. The first kappa shape index (κ1) is 22.3. The Morgan fingerprint density at radius 3 is 2.10 bits per heavy atom. The molecule has 0 aliphatic rings. The summed E-state index contributed by atoms with van der Waals surface area (Å²) in [6.07, 6.45) is 0. The average Bonchev–Trinajstić information content (AvgIpc) is 2.79. The summed E-state index contributed by atoms with van der Waals surface area (Å²) in [5.74, 6) is 2.07. The summed E-state index contributed by atoms with van der Waals surface area (Å²) in [4.78, 5) is 12.7. The van der Waals surface area contributed by atoms with Crippen molar-refractivity contribution in [2.45, 2.75) is 20.8 Å². The van der Waals surface area contributed by atoms with Gasteiger partial charge in [0, 0.05) is 10.9 Å². The molecule has 3 aromatic carbocycles. The van der Waals surface area contributed by atoms with Crippen LogP contribution in [-0.2, 0) is 0 Å². The Morgan fingerprint density at radius 2 is 1.42 bits per heavy atom. The number of carbonyl (C=O) groups is 1. The van der Waals surface area contributed by atoms with Crippen LogP contribution in [-0.4, -0.2) is 38.9 Å². The lowest BCUT2D eigenvalue weighted by Gasteiger charge is -2.17. The van der Waals surface area contributed by atoms with Gasteiger partial charge in [0.05, 0.1) is 26.4 Å². The fourth-order valence-electron chi connectivity index (χ4n) is 3.27. The monoisotopic (exact) mass is 423 g/mol. The second kappa shape index (κ2) is 11.1. The Hall–Kier alpha value is -3.41. The van der Waals surface area contributed by atoms with Gasteiger partial charge in [0.15, 0.2) is 11.5 Å². The van der Waals surface area contributed by atoms with Crippen LogP contribution >= 0.6 is 0 Å². The van der Waals surface area contributed by atoms with Gasteiger partial charge in [-0.1, -0.05) is 36.4 Å². The van der Waals surface area contributed by atoms with E-state index in [0.29, 0.717) is 55.8 Å². The van der Waals surface area contributed by atoms with Crippen LogP contribution in [0.25, 0.3) is 10.8 Å². The van der Waals surface area contributed by atoms with E-state index in [1.807, 2.05) is 63.2 Å². The van der Waals surface area contributed by atoms with Gasteiger partial charge in [-0.2, -0.15) is 0 Å². The van der Waals surface area contributed by atoms with Gasteiger partial charge in [-0.05, 0) is 44.4 Å². The molecule has 0 radical (unpaired) electrons. The zero-order chi connectivity index (χ0) is 22.1. The Labute approximate surface area is 183 Å². The first-order chi connectivity index (χ1) is 15.2. The molecule has 0 aliphatic carbocycles. The highest BCUT2D eigenvalue weighted by molar-refractivity contribution is 5.95. The second-order valence-electron chi connectivity index (χ2n) is 6.68. The molecular formula is C25H29NO5. The van der Waals surface area contributed by atoms with Gasteiger partial charge in [-0.15, -0.1) is 0 Å². The molecular weight excluding hydrogens is 394 g/mol. The quantitative estimate of drug-likeness (QED) is 0.447. The van der Waals surface area contributed by atoms with Crippen LogP contribution in [0.1, 0.15) is 31.1 Å². The topological polar surface area (TPSA) is 66.0 Å². The fourth-order valence-corrected chi connectivity index (χ4v) is 3.27. The van der Waals surface area contributed by atoms with Gasteiger partial charge in [0.1, 0.15) is 12.4 Å². The predicted molar refractivity (Wildman–Crippen MR) is 122 cm³/mol. The summed E-state index contributed by atoms with van der Waals surface area (Å²) in [5.41, 5.74) is 0.445. The van der Waals surface area contributed by atoms with Crippen molar-refractivity contribution in [3.8, 4) is 23.0 Å². The van der Waals surface area contributed by atoms with Crippen LogP contribution in [0.4, 0.5) is 0 Å². The molecule has 0 heterocycles. The molecule has 164 valence electrons. The van der Waals surface area contributed by atoms with Gasteiger partial charge in [0.25, 0.3) is 5.91 Å². The van der Waals surface area contributed by atoms with E-state index in [9.17, 15) is 4.79 Å². The number of hydrogen-bond donors (Lipinski definition) is 1. The molecule has 0 bridgehead atoms. The Morgan fingerprint density at radius 1 is 0.774 bits per heavy atom. The van der Waals surface area contributed by atoms with Gasteiger partial charge in [0.2, 0.25) is 5.75 Å². The maximum absolute atomic E-state index is 12.7. The van der Waals surface area contributed by atoms with Crippen LogP contribution in [0, 0.1) is 0 Å². The van der Waals surface area contributed by atoms with E-state index in [4.69, 9.17) is 18.9 Å². The first-order valence-corrected chi connectivity index (χ1v) is 10.6. The van der Waals surface area contributed by atoms with E-state index in [1.165, 1.54) is 0 Å². The summed E-state index contributed by atoms with van der Waals surface area (Å²) in [6.45, 7) is 7.75. The predicted octanol–water partition coefficient (Wildman–Crippen LogP) is 4.84. The Balaban J connectivity index is 1.66. The van der Waals surface area contributed by atoms with Crippen LogP contribution in [0.3, 0.4) is 0 Å². The number of hydrogen-bond acceptors (Lipinski definition) is 5. The Kier molecular flexibility index (Phi) is 7.98. The summed E-state index contributed by atoms with van der Waals surface area (Å²) in [6, 6.07) is 17.3. The minimum Gasteiger partial charge on any atom is -0.491 e. The van der Waals surface area contributed by atoms with Crippen LogP contribution in [0.15, 0.2) is 54.6 Å². The van der Waals surface area contributed by atoms with E-state index in [0.717, 1.165) is 16.5 Å². The van der Waals surface area contributed by atoms with Crippen molar-refractivity contribution in [2.24, 2.45) is 0 Å². The molecule has 3 rings (SSSR count). The zero-order valence-corrected chi connectivity index (χ0v) is 18.3. The smallest absolute Gasteiger partial charge is 0.251 e. The third-order valence-corrected chi connectivity index (χ3v) is 4.57. The highest BCUT2D eigenvalue weighted by Crippen LogP contribution is 2.39. The van der Waals surface area contributed by atoms with Gasteiger partial charge in [-0.25, -0.2) is 0 Å². The van der Waals surface area contributed by atoms with Gasteiger partial charge >= 0.3 is 0 Å². The van der Waals surface area contributed by atoms with E-state index >= 15 is 0 Å². The minimum atomic E-state index is -0.230. The van der Waals surface area contributed by atoms with Crippen molar-refractivity contribution in [1.82, 2.24) is 5.32 Å². The molecule has 0 spiro atoms. The van der Waals surface area contributed by atoms with Crippen molar-refractivity contribution >= 4 is 16.7 Å². The SMILES string of the molecule is CCOc1cc(C(=O)NCCOc2cccc3ccccc23)cc(OCC)c1OCC. The summed E-state index contributed by atoms with van der Waals surface area (Å²) in [5, 5.41) is 5.05. The maximum Gasteiger partial charge on any atom is 0.251 e. The molecule has 0 fully saturated rings. The van der Waals surface area contributed by atoms with Gasteiger partial charge in [-0.3, -0.25) is 4.79 Å². The van der Waals surface area contributed by atoms with Crippen molar-refractivity contribution in [1.29, 1.82) is 0 Å². The molecule has 6 heteroatoms. The van der Waals surface area contributed by atoms with Crippen molar-refractivity contribution in [3.63, 3.8) is 0 Å². The third kappa shape index (κ3) is 5.60. The maximum atomic E-state index is 12.7. The molecule has 0 aliphatic heterocycles. The molecule has 0 aromatic heterocycles. The fraction of sp³-hybridized carbons (Fsp3) is 0.320. The average molecular weight is 424 g/mol. The highest BCUT2D eigenvalue weighted by Gasteiger charge is 2.18. The van der Waals surface area contributed by atoms with Crippen molar-refractivity contribution < 1.29 is 23.7 Å². The number of nitrogens with one attached hydrogen (secondary N) is 1. The molecule has 1 amide bonds. The van der Waals surface area contributed by atoms with Crippen molar-refractivity contribution in [2.75, 3.05) is 33.0 Å². The van der Waals surface area contributed by atoms with E-state index in [2.05, 4.69) is 5.32 Å². The zero-order valence-electron chi connectivity index (χ0n) is 18.3. The highest BCUT2D eigenvalue weighted by atomic mass is 16.5. The number of carbonyl (C=O) groups excluding carboxylic acids is 1. The van der Waals surface area contributed by atoms with Gasteiger partial charge < -0.3 is 24.3 Å². The second-order valence-corrected chi connectivity index (χ2v) is 6.68. The molecule has 0 saturated heterocycles. The largest absolute Gasteiger partial charge is 0.491 e. The van der Waals surface area contributed by atoms with Crippen LogP contribution in [0.2, 0.25) is 0 Å². The number of benzene rings is 3. The first-order valence-electron chi connectivity index (χ1n) is 10.6. The molecule has 3 aromatic rings. The summed E-state index contributed by atoms with van der Waals surface area (Å²) in [7, 11) is 0. The van der Waals surface area contributed by atoms with E-state index in [-0.39, 0.29) is 5.91 Å². The molecule has 31 heavy (non-hydrogen) atoms. The standard InChI is InChI=1S/C25H29NO5/c1-4-28-22-16-19(17-23(29-5-2)24(22)30-6-3)25(27)26-14-15-31-21-13-9-11-18-10-7-8-12-20(18)21/h7-13,16-17H,4-6,14-15H2,1-3H3,(H,26,27). The molecule has 0 atom stereocenters. The molecule has 6 nitrogen and oxygen atoms in total. The van der Waals surface area contributed by atoms with Crippen LogP contribution < -0.4 is 24.3 Å². The van der Waals surface area contributed by atoms with E-state index < -0.39 is 0 Å². The summed E-state index contributed by atoms with van der Waals surface area (Å²) < 4.78 is 23.0. The third-order valence-electron chi connectivity index (χ3n) is 4.57. The normalized spacial score (nSPS) is 10.5. The molecule has 1 N–H and O–H groups in total. The molecule has 0 unspecified atom stereocenters. The molecule has 0 saturated carbocycles. The number of rotatable bonds is 11. The van der Waals surface area contributed by atoms with Crippen molar-refractivity contribution in [3.05, 3.63) is 60.2 Å². The number of amides is 1. The summed E-state index contributed by atoms with van der Waals surface area (Å²) >= 11 is 0. The lowest BCUT2D eigenvalue weighted by Crippen LogP contribution is -2.28. The minimum absolute atomic E-state index is 0.230. The number of ether oxygens (including phenoxy) is 4. The van der Waals surface area contributed by atoms with Crippen LogP contribution in [0.5, 0.6) is 23.0 Å². The van der Waals surface area contributed by atoms with E-state index in [1.54, 1.807) is 12.1 Å². The Bertz CT molecular complexity index is 985. The lowest BCUT2D eigenvalue weighted by atomic mass is 10.1. The number of fused-ring (bicyclic) bond motifs is 1.